The highest BCUT2D eigenvalue weighted by atomic mass is 16.5. The van der Waals surface area contributed by atoms with Crippen molar-refractivity contribution >= 4 is 0 Å². The van der Waals surface area contributed by atoms with E-state index in [1.807, 2.05) is 32.2 Å². The summed E-state index contributed by atoms with van der Waals surface area (Å²) in [4.78, 5) is 4.42. The number of ether oxygens (including phenoxy) is 1. The molecule has 2 N–H and O–H groups in total. The molecule has 1 heterocycles. The van der Waals surface area contributed by atoms with Gasteiger partial charge < -0.3 is 10.5 Å². The fourth-order valence-corrected chi connectivity index (χ4v) is 2.15. The van der Waals surface area contributed by atoms with Crippen LogP contribution in [0.1, 0.15) is 29.2 Å². The number of hydrogen-bond donors (Lipinski definition) is 1. The van der Waals surface area contributed by atoms with Crippen LogP contribution in [-0.4, -0.2) is 11.0 Å². The molecule has 0 aliphatic carbocycles. The van der Waals surface area contributed by atoms with E-state index in [-0.39, 0.29) is 6.04 Å². The summed E-state index contributed by atoms with van der Waals surface area (Å²) in [5.74, 6) is 1.52. The van der Waals surface area contributed by atoms with Crippen LogP contribution in [0, 0.1) is 20.8 Å². The Morgan fingerprint density at radius 3 is 2.60 bits per heavy atom. The van der Waals surface area contributed by atoms with Crippen molar-refractivity contribution in [2.75, 3.05) is 0 Å². The molecule has 1 aromatic heterocycles. The van der Waals surface area contributed by atoms with Crippen LogP contribution in [0.25, 0.3) is 0 Å². The van der Waals surface area contributed by atoms with Crippen molar-refractivity contribution in [3.05, 3.63) is 52.7 Å². The average molecular weight is 270 g/mol. The van der Waals surface area contributed by atoms with Crippen molar-refractivity contribution < 1.29 is 4.74 Å². The first-order chi connectivity index (χ1) is 9.47. The monoisotopic (exact) mass is 270 g/mol. The Morgan fingerprint density at radius 1 is 1.20 bits per heavy atom. The van der Waals surface area contributed by atoms with Gasteiger partial charge in [-0.25, -0.2) is 4.98 Å². The normalized spacial score (nSPS) is 12.2. The van der Waals surface area contributed by atoms with Gasteiger partial charge in [0, 0.05) is 17.8 Å². The Kier molecular flexibility index (Phi) is 4.40. The van der Waals surface area contributed by atoms with Crippen molar-refractivity contribution in [2.45, 2.75) is 40.2 Å². The number of rotatable bonds is 4. The van der Waals surface area contributed by atoms with Gasteiger partial charge in [0.25, 0.3) is 0 Å². The number of pyridine rings is 1. The van der Waals surface area contributed by atoms with E-state index in [2.05, 4.69) is 31.0 Å². The van der Waals surface area contributed by atoms with Gasteiger partial charge in [-0.1, -0.05) is 12.1 Å². The molecule has 0 spiro atoms. The second-order valence-corrected chi connectivity index (χ2v) is 5.45. The topological polar surface area (TPSA) is 48.1 Å². The van der Waals surface area contributed by atoms with Gasteiger partial charge in [-0.2, -0.15) is 0 Å². The van der Waals surface area contributed by atoms with Gasteiger partial charge in [0.2, 0.25) is 5.88 Å². The summed E-state index contributed by atoms with van der Waals surface area (Å²) in [5, 5.41) is 0. The summed E-state index contributed by atoms with van der Waals surface area (Å²) in [6.07, 6.45) is 2.68. The van der Waals surface area contributed by atoms with Crippen LogP contribution in [0.4, 0.5) is 0 Å². The van der Waals surface area contributed by atoms with Crippen LogP contribution in [0.15, 0.2) is 30.5 Å². The van der Waals surface area contributed by atoms with Gasteiger partial charge in [0.15, 0.2) is 0 Å². The molecule has 1 aromatic carbocycles. The van der Waals surface area contributed by atoms with Crippen LogP contribution >= 0.6 is 0 Å². The summed E-state index contributed by atoms with van der Waals surface area (Å²) < 4.78 is 5.94. The molecule has 0 aliphatic heterocycles. The van der Waals surface area contributed by atoms with Gasteiger partial charge in [0.05, 0.1) is 0 Å². The number of aryl methyl sites for hydroxylation is 2. The van der Waals surface area contributed by atoms with E-state index in [0.29, 0.717) is 5.88 Å². The van der Waals surface area contributed by atoms with Gasteiger partial charge in [-0.15, -0.1) is 0 Å². The molecular weight excluding hydrogens is 248 g/mol. The maximum Gasteiger partial charge on any atom is 0.222 e. The Labute approximate surface area is 120 Å². The highest BCUT2D eigenvalue weighted by molar-refractivity contribution is 5.41. The Balaban J connectivity index is 2.24. The molecule has 0 amide bonds. The third kappa shape index (κ3) is 3.36. The first-order valence-corrected chi connectivity index (χ1v) is 6.92. The summed E-state index contributed by atoms with van der Waals surface area (Å²) in [6, 6.07) is 8.28. The van der Waals surface area contributed by atoms with E-state index in [9.17, 15) is 0 Å². The van der Waals surface area contributed by atoms with E-state index in [4.69, 9.17) is 10.5 Å². The van der Waals surface area contributed by atoms with Crippen LogP contribution in [0.2, 0.25) is 0 Å². The predicted octanol–water partition coefficient (Wildman–Crippen LogP) is 3.69. The molecule has 0 radical (unpaired) electrons. The fraction of sp³-hybridized carbons (Fsp3) is 0.353. The van der Waals surface area contributed by atoms with Crippen molar-refractivity contribution in [3.63, 3.8) is 0 Å². The van der Waals surface area contributed by atoms with Crippen LogP contribution in [0.3, 0.4) is 0 Å². The molecule has 1 unspecified atom stereocenters. The zero-order valence-corrected chi connectivity index (χ0v) is 12.6. The lowest BCUT2D eigenvalue weighted by Gasteiger charge is -2.13. The first kappa shape index (κ1) is 14.5. The number of nitrogens with zero attached hydrogens (tertiary/aromatic N) is 1. The summed E-state index contributed by atoms with van der Waals surface area (Å²) in [6.45, 7) is 8.15. The predicted molar refractivity (Wildman–Crippen MR) is 82.3 cm³/mol. The second kappa shape index (κ2) is 6.06. The molecular formula is C17H22N2O. The molecule has 2 rings (SSSR count). The lowest BCUT2D eigenvalue weighted by Crippen LogP contribution is -2.17. The smallest absolute Gasteiger partial charge is 0.222 e. The minimum absolute atomic E-state index is 0.141. The number of benzene rings is 1. The quantitative estimate of drug-likeness (QED) is 0.921. The minimum atomic E-state index is 0.141. The van der Waals surface area contributed by atoms with Crippen LogP contribution in [0.5, 0.6) is 11.6 Å². The molecule has 0 bridgehead atoms. The van der Waals surface area contributed by atoms with E-state index in [0.717, 1.165) is 28.9 Å². The molecule has 0 saturated carbocycles. The van der Waals surface area contributed by atoms with E-state index in [1.54, 1.807) is 0 Å². The largest absolute Gasteiger partial charge is 0.438 e. The standard InChI is InChI=1S/C17H22N2O/c1-11-6-5-7-16(14(11)4)20-17-12(2)8-15(10-19-17)9-13(3)18/h5-8,10,13H,9,18H2,1-4H3. The van der Waals surface area contributed by atoms with E-state index in [1.165, 1.54) is 5.56 Å². The van der Waals surface area contributed by atoms with Gasteiger partial charge >= 0.3 is 0 Å². The number of aromatic nitrogens is 1. The van der Waals surface area contributed by atoms with Gasteiger partial charge in [-0.05, 0) is 62.9 Å². The SMILES string of the molecule is Cc1cc(CC(C)N)cnc1Oc1cccc(C)c1C. The lowest BCUT2D eigenvalue weighted by atomic mass is 10.1. The fourth-order valence-electron chi connectivity index (χ4n) is 2.15. The Morgan fingerprint density at radius 2 is 1.95 bits per heavy atom. The van der Waals surface area contributed by atoms with Crippen LogP contribution in [-0.2, 0) is 6.42 Å². The summed E-state index contributed by atoms with van der Waals surface area (Å²) in [7, 11) is 0. The minimum Gasteiger partial charge on any atom is -0.438 e. The molecule has 1 atom stereocenters. The summed E-state index contributed by atoms with van der Waals surface area (Å²) in [5.41, 5.74) is 10.4. The lowest BCUT2D eigenvalue weighted by molar-refractivity contribution is 0.454. The Hall–Kier alpha value is -1.87. The van der Waals surface area contributed by atoms with Gasteiger partial charge in [-0.3, -0.25) is 0 Å². The number of hydrogen-bond acceptors (Lipinski definition) is 3. The average Bonchev–Trinajstić information content (AvgIpc) is 2.37. The molecule has 20 heavy (non-hydrogen) atoms. The van der Waals surface area contributed by atoms with Crippen molar-refractivity contribution in [1.82, 2.24) is 4.98 Å². The molecule has 3 nitrogen and oxygen atoms in total. The first-order valence-electron chi connectivity index (χ1n) is 6.92. The summed E-state index contributed by atoms with van der Waals surface area (Å²) >= 11 is 0. The molecule has 106 valence electrons. The molecule has 2 aromatic rings. The van der Waals surface area contributed by atoms with Crippen molar-refractivity contribution in [2.24, 2.45) is 5.73 Å². The molecule has 3 heteroatoms. The molecule has 0 aliphatic rings. The zero-order valence-electron chi connectivity index (χ0n) is 12.6. The van der Waals surface area contributed by atoms with Crippen LogP contribution < -0.4 is 10.5 Å². The third-order valence-corrected chi connectivity index (χ3v) is 3.41. The maximum absolute atomic E-state index is 5.94. The third-order valence-electron chi connectivity index (χ3n) is 3.41. The molecule has 0 saturated heterocycles. The van der Waals surface area contributed by atoms with Crippen molar-refractivity contribution in [3.8, 4) is 11.6 Å². The van der Waals surface area contributed by atoms with E-state index >= 15 is 0 Å². The van der Waals surface area contributed by atoms with Crippen molar-refractivity contribution in [1.29, 1.82) is 0 Å². The highest BCUT2D eigenvalue weighted by Crippen LogP contribution is 2.27. The number of nitrogens with two attached hydrogens (primary N) is 1. The second-order valence-electron chi connectivity index (χ2n) is 5.45. The maximum atomic E-state index is 5.94. The Bertz CT molecular complexity index is 606. The van der Waals surface area contributed by atoms with E-state index < -0.39 is 0 Å². The molecule has 0 fully saturated rings. The highest BCUT2D eigenvalue weighted by Gasteiger charge is 2.08. The zero-order chi connectivity index (χ0) is 14.7. The van der Waals surface area contributed by atoms with Gasteiger partial charge in [0.1, 0.15) is 5.75 Å².